The van der Waals surface area contributed by atoms with E-state index >= 15 is 0 Å². The number of benzene rings is 1. The van der Waals surface area contributed by atoms with Crippen LogP contribution in [0.5, 0.6) is 17.2 Å². The van der Waals surface area contributed by atoms with Gasteiger partial charge in [0.05, 0.1) is 13.7 Å². The van der Waals surface area contributed by atoms with Crippen molar-refractivity contribution in [2.24, 2.45) is 5.92 Å². The lowest BCUT2D eigenvalue weighted by Gasteiger charge is -2.25. The highest BCUT2D eigenvalue weighted by atomic mass is 16.6. The van der Waals surface area contributed by atoms with E-state index in [0.717, 1.165) is 19.6 Å². The third-order valence-corrected chi connectivity index (χ3v) is 4.25. The Labute approximate surface area is 136 Å². The van der Waals surface area contributed by atoms with Gasteiger partial charge in [0.15, 0.2) is 11.5 Å². The predicted octanol–water partition coefficient (Wildman–Crippen LogP) is 1.96. The molecule has 3 rings (SSSR count). The highest BCUT2D eigenvalue weighted by Crippen LogP contribution is 2.40. The first kappa shape index (κ1) is 15.9. The molecule has 1 atom stereocenters. The number of ether oxygens (including phenoxy) is 4. The average molecular weight is 321 g/mol. The highest BCUT2D eigenvalue weighted by molar-refractivity contribution is 5.95. The molecular formula is C17H23NO5. The van der Waals surface area contributed by atoms with Crippen LogP contribution in [0.25, 0.3) is 0 Å². The van der Waals surface area contributed by atoms with Gasteiger partial charge in [0, 0.05) is 31.2 Å². The minimum absolute atomic E-state index is 0.0188. The summed E-state index contributed by atoms with van der Waals surface area (Å²) in [6.07, 6.45) is 1.01. The van der Waals surface area contributed by atoms with Crippen molar-refractivity contribution in [1.82, 2.24) is 4.90 Å². The van der Waals surface area contributed by atoms with Crippen LogP contribution >= 0.6 is 0 Å². The van der Waals surface area contributed by atoms with Gasteiger partial charge in [-0.05, 0) is 25.5 Å². The molecule has 1 aromatic rings. The Morgan fingerprint density at radius 2 is 2.13 bits per heavy atom. The lowest BCUT2D eigenvalue weighted by Crippen LogP contribution is -2.35. The standard InChI is InChI=1S/C17H23NO5/c1-3-18(10-12-4-5-21-11-12)17(19)13-8-14(20-2)16-15(9-13)22-6-7-23-16/h8-9,12H,3-7,10-11H2,1-2H3. The molecule has 6 heteroatoms. The summed E-state index contributed by atoms with van der Waals surface area (Å²) in [4.78, 5) is 14.7. The number of hydrogen-bond donors (Lipinski definition) is 0. The third-order valence-electron chi connectivity index (χ3n) is 4.25. The molecule has 1 amide bonds. The lowest BCUT2D eigenvalue weighted by atomic mass is 10.1. The summed E-state index contributed by atoms with van der Waals surface area (Å²) in [6.45, 7) is 5.84. The quantitative estimate of drug-likeness (QED) is 0.830. The number of hydrogen-bond acceptors (Lipinski definition) is 5. The molecule has 6 nitrogen and oxygen atoms in total. The van der Waals surface area contributed by atoms with Gasteiger partial charge in [-0.25, -0.2) is 0 Å². The Balaban J connectivity index is 1.82. The van der Waals surface area contributed by atoms with Crippen LogP contribution in [0.3, 0.4) is 0 Å². The van der Waals surface area contributed by atoms with Crippen LogP contribution in [0.1, 0.15) is 23.7 Å². The number of fused-ring (bicyclic) bond motifs is 1. The summed E-state index contributed by atoms with van der Waals surface area (Å²) in [6, 6.07) is 3.47. The summed E-state index contributed by atoms with van der Waals surface area (Å²) in [5.41, 5.74) is 0.562. The van der Waals surface area contributed by atoms with Crippen molar-refractivity contribution in [1.29, 1.82) is 0 Å². The fourth-order valence-electron chi connectivity index (χ4n) is 2.97. The molecule has 0 spiro atoms. The Hall–Kier alpha value is -1.95. The molecule has 1 aromatic carbocycles. The smallest absolute Gasteiger partial charge is 0.254 e. The van der Waals surface area contributed by atoms with Crippen molar-refractivity contribution in [2.75, 3.05) is 46.6 Å². The highest BCUT2D eigenvalue weighted by Gasteiger charge is 2.25. The zero-order valence-electron chi connectivity index (χ0n) is 13.7. The molecule has 0 radical (unpaired) electrons. The molecule has 1 unspecified atom stereocenters. The summed E-state index contributed by atoms with van der Waals surface area (Å²) < 4.78 is 21.9. The van der Waals surface area contributed by atoms with Gasteiger partial charge in [0.25, 0.3) is 5.91 Å². The molecule has 2 heterocycles. The van der Waals surface area contributed by atoms with E-state index in [2.05, 4.69) is 0 Å². The van der Waals surface area contributed by atoms with E-state index in [-0.39, 0.29) is 5.91 Å². The number of nitrogens with zero attached hydrogens (tertiary/aromatic N) is 1. The lowest BCUT2D eigenvalue weighted by molar-refractivity contribution is 0.0729. The zero-order chi connectivity index (χ0) is 16.2. The maximum atomic E-state index is 12.9. The van der Waals surface area contributed by atoms with Gasteiger partial charge in [0.2, 0.25) is 5.75 Å². The van der Waals surface area contributed by atoms with E-state index in [9.17, 15) is 4.79 Å². The molecule has 0 aromatic heterocycles. The van der Waals surface area contributed by atoms with Crippen molar-refractivity contribution in [3.63, 3.8) is 0 Å². The second-order valence-corrected chi connectivity index (χ2v) is 5.78. The average Bonchev–Trinajstić information content (AvgIpc) is 3.11. The molecule has 1 fully saturated rings. The van der Waals surface area contributed by atoms with Gasteiger partial charge < -0.3 is 23.8 Å². The Morgan fingerprint density at radius 3 is 2.83 bits per heavy atom. The van der Waals surface area contributed by atoms with Crippen molar-refractivity contribution in [2.45, 2.75) is 13.3 Å². The van der Waals surface area contributed by atoms with Crippen LogP contribution < -0.4 is 14.2 Å². The van der Waals surface area contributed by atoms with E-state index in [1.54, 1.807) is 19.2 Å². The maximum Gasteiger partial charge on any atom is 0.254 e. The van der Waals surface area contributed by atoms with Crippen LogP contribution in [0.4, 0.5) is 0 Å². The van der Waals surface area contributed by atoms with Gasteiger partial charge >= 0.3 is 0 Å². The van der Waals surface area contributed by atoms with Crippen LogP contribution in [-0.4, -0.2) is 57.4 Å². The van der Waals surface area contributed by atoms with Gasteiger partial charge in [-0.3, -0.25) is 4.79 Å². The second kappa shape index (κ2) is 7.08. The van der Waals surface area contributed by atoms with Gasteiger partial charge in [-0.1, -0.05) is 0 Å². The number of carbonyl (C=O) groups is 1. The largest absolute Gasteiger partial charge is 0.493 e. The summed E-state index contributed by atoms with van der Waals surface area (Å²) >= 11 is 0. The molecule has 23 heavy (non-hydrogen) atoms. The molecule has 2 aliphatic heterocycles. The van der Waals surface area contributed by atoms with Crippen LogP contribution in [0.15, 0.2) is 12.1 Å². The third kappa shape index (κ3) is 3.37. The number of carbonyl (C=O) groups excluding carboxylic acids is 1. The topological polar surface area (TPSA) is 57.2 Å². The second-order valence-electron chi connectivity index (χ2n) is 5.78. The maximum absolute atomic E-state index is 12.9. The Morgan fingerprint density at radius 1 is 1.30 bits per heavy atom. The number of rotatable bonds is 5. The monoisotopic (exact) mass is 321 g/mol. The minimum Gasteiger partial charge on any atom is -0.493 e. The predicted molar refractivity (Wildman–Crippen MR) is 84.5 cm³/mol. The Bertz CT molecular complexity index is 551. The molecule has 0 bridgehead atoms. The fraction of sp³-hybridized carbons (Fsp3) is 0.588. The summed E-state index contributed by atoms with van der Waals surface area (Å²) in [5.74, 6) is 2.07. The molecule has 0 aliphatic carbocycles. The van der Waals surface area contributed by atoms with Gasteiger partial charge in [-0.2, -0.15) is 0 Å². The van der Waals surface area contributed by atoms with Gasteiger partial charge in [0.1, 0.15) is 13.2 Å². The SMILES string of the molecule is CCN(CC1CCOC1)C(=O)c1cc(OC)c2c(c1)OCCO2. The minimum atomic E-state index is -0.0188. The van der Waals surface area contributed by atoms with Crippen molar-refractivity contribution in [3.8, 4) is 17.2 Å². The van der Waals surface area contributed by atoms with E-state index in [1.165, 1.54) is 0 Å². The van der Waals surface area contributed by atoms with Crippen molar-refractivity contribution >= 4 is 5.91 Å². The van der Waals surface area contributed by atoms with Crippen LogP contribution in [0, 0.1) is 5.92 Å². The van der Waals surface area contributed by atoms with Crippen LogP contribution in [0.2, 0.25) is 0 Å². The number of amides is 1. The van der Waals surface area contributed by atoms with E-state index in [4.69, 9.17) is 18.9 Å². The van der Waals surface area contributed by atoms with Crippen molar-refractivity contribution < 1.29 is 23.7 Å². The van der Waals surface area contributed by atoms with Crippen LogP contribution in [-0.2, 0) is 4.74 Å². The summed E-state index contributed by atoms with van der Waals surface area (Å²) in [7, 11) is 1.56. The van der Waals surface area contributed by atoms with E-state index in [0.29, 0.717) is 55.0 Å². The van der Waals surface area contributed by atoms with E-state index in [1.807, 2.05) is 11.8 Å². The first-order valence-corrected chi connectivity index (χ1v) is 8.07. The fourth-order valence-corrected chi connectivity index (χ4v) is 2.97. The Kier molecular flexibility index (Phi) is 4.91. The molecule has 1 saturated heterocycles. The van der Waals surface area contributed by atoms with E-state index < -0.39 is 0 Å². The first-order chi connectivity index (χ1) is 11.2. The molecule has 0 saturated carbocycles. The van der Waals surface area contributed by atoms with Gasteiger partial charge in [-0.15, -0.1) is 0 Å². The summed E-state index contributed by atoms with van der Waals surface area (Å²) in [5, 5.41) is 0. The molecule has 2 aliphatic rings. The first-order valence-electron chi connectivity index (χ1n) is 8.07. The molecular weight excluding hydrogens is 298 g/mol. The van der Waals surface area contributed by atoms with Crippen molar-refractivity contribution in [3.05, 3.63) is 17.7 Å². The molecule has 0 N–H and O–H groups in total. The normalized spacial score (nSPS) is 19.5. The molecule has 126 valence electrons. The number of methoxy groups -OCH3 is 1. The zero-order valence-corrected chi connectivity index (χ0v) is 13.7.